The van der Waals surface area contributed by atoms with Gasteiger partial charge in [0.05, 0.1) is 0 Å². The Morgan fingerprint density at radius 3 is 2.63 bits per heavy atom. The zero-order valence-electron chi connectivity index (χ0n) is 19.8. The summed E-state index contributed by atoms with van der Waals surface area (Å²) in [7, 11) is 0. The van der Waals surface area contributed by atoms with Crippen LogP contribution in [0.25, 0.3) is 0 Å². The van der Waals surface area contributed by atoms with E-state index < -0.39 is 0 Å². The van der Waals surface area contributed by atoms with Crippen molar-refractivity contribution in [3.8, 4) is 11.5 Å². The molecule has 1 aliphatic carbocycles. The summed E-state index contributed by atoms with van der Waals surface area (Å²) in [6.07, 6.45) is 8.90. The van der Waals surface area contributed by atoms with Gasteiger partial charge >= 0.3 is 0 Å². The summed E-state index contributed by atoms with van der Waals surface area (Å²) in [4.78, 5) is 11.6. The Morgan fingerprint density at radius 1 is 1.23 bits per heavy atom. The minimum Gasteiger partial charge on any atom is -0.508 e. The molecule has 0 aromatic heterocycles. The Bertz CT molecular complexity index is 768. The van der Waals surface area contributed by atoms with Crippen LogP contribution in [0.5, 0.6) is 11.5 Å². The van der Waals surface area contributed by atoms with Crippen molar-refractivity contribution in [2.24, 2.45) is 5.92 Å². The number of hydrogen-bond acceptors (Lipinski definition) is 3. The predicted molar refractivity (Wildman–Crippen MR) is 122 cm³/mol. The second-order valence-corrected chi connectivity index (χ2v) is 10.7. The number of carbonyl (C=O) groups is 1. The van der Waals surface area contributed by atoms with Gasteiger partial charge in [0.15, 0.2) is 0 Å². The Kier molecular flexibility index (Phi) is 6.74. The first-order valence-electron chi connectivity index (χ1n) is 11.9. The minimum atomic E-state index is -0.283. The molecule has 1 saturated carbocycles. The number of rotatable bonds is 7. The zero-order valence-corrected chi connectivity index (χ0v) is 19.8. The molecule has 168 valence electrons. The molecule has 3 atom stereocenters. The Balaban J connectivity index is 1.90. The van der Waals surface area contributed by atoms with Crippen molar-refractivity contribution in [3.63, 3.8) is 0 Å². The van der Waals surface area contributed by atoms with Crippen molar-refractivity contribution in [2.75, 3.05) is 0 Å². The van der Waals surface area contributed by atoms with Gasteiger partial charge in [0.1, 0.15) is 17.1 Å². The number of phenols is 1. The largest absolute Gasteiger partial charge is 0.508 e. The summed E-state index contributed by atoms with van der Waals surface area (Å²) in [5.74, 6) is 1.76. The molecule has 30 heavy (non-hydrogen) atoms. The van der Waals surface area contributed by atoms with Crippen LogP contribution >= 0.6 is 0 Å². The summed E-state index contributed by atoms with van der Waals surface area (Å²) in [6.45, 7) is 12.7. The molecular weight excluding hydrogens is 374 g/mol. The van der Waals surface area contributed by atoms with Crippen LogP contribution in [0.1, 0.15) is 110 Å². The van der Waals surface area contributed by atoms with Crippen LogP contribution < -0.4 is 10.1 Å². The van der Waals surface area contributed by atoms with Crippen molar-refractivity contribution in [2.45, 2.75) is 116 Å². The van der Waals surface area contributed by atoms with Crippen LogP contribution in [-0.2, 0) is 10.2 Å². The fourth-order valence-corrected chi connectivity index (χ4v) is 5.70. The molecule has 0 saturated heterocycles. The highest BCUT2D eigenvalue weighted by molar-refractivity contribution is 5.73. The molecule has 3 rings (SSSR count). The minimum absolute atomic E-state index is 0.00408. The van der Waals surface area contributed by atoms with E-state index in [1.807, 2.05) is 6.07 Å². The van der Waals surface area contributed by atoms with Gasteiger partial charge in [-0.25, -0.2) is 0 Å². The summed E-state index contributed by atoms with van der Waals surface area (Å²) in [5.41, 5.74) is 1.81. The smallest absolute Gasteiger partial charge is 0.217 e. The van der Waals surface area contributed by atoms with Gasteiger partial charge < -0.3 is 15.2 Å². The van der Waals surface area contributed by atoms with Crippen LogP contribution in [0.3, 0.4) is 0 Å². The van der Waals surface area contributed by atoms with Crippen molar-refractivity contribution >= 4 is 5.91 Å². The summed E-state index contributed by atoms with van der Waals surface area (Å²) in [5, 5.41) is 14.2. The molecule has 2 aliphatic rings. The standard InChI is InChI=1S/C26H41NO3/c1-7-8-9-10-13-25(3,4)18-14-22(29)24-20-16-19(27-17(2)28)11-12-21(20)26(5,6)30-23(24)15-18/h14-15,19-21,29H,7-13,16H2,1-6H3,(H,27,28)/t19-,20+,21+/m0/s1. The Hall–Kier alpha value is -1.71. The van der Waals surface area contributed by atoms with Crippen molar-refractivity contribution < 1.29 is 14.6 Å². The first-order chi connectivity index (χ1) is 14.0. The number of benzene rings is 1. The zero-order chi connectivity index (χ0) is 22.1. The second kappa shape index (κ2) is 8.80. The van der Waals surface area contributed by atoms with Gasteiger partial charge in [0.2, 0.25) is 5.91 Å². The lowest BCUT2D eigenvalue weighted by Crippen LogP contribution is -2.50. The molecule has 1 heterocycles. The number of unbranched alkanes of at least 4 members (excludes halogenated alkanes) is 3. The van der Waals surface area contributed by atoms with Gasteiger partial charge in [-0.15, -0.1) is 0 Å². The molecular formula is C26H41NO3. The van der Waals surface area contributed by atoms with Gasteiger partial charge in [-0.05, 0) is 68.6 Å². The van der Waals surface area contributed by atoms with Crippen molar-refractivity contribution in [1.82, 2.24) is 5.32 Å². The average molecular weight is 416 g/mol. The van der Waals surface area contributed by atoms with Crippen LogP contribution in [0.4, 0.5) is 0 Å². The van der Waals surface area contributed by atoms with Crippen LogP contribution in [-0.4, -0.2) is 22.7 Å². The highest BCUT2D eigenvalue weighted by Gasteiger charge is 2.48. The van der Waals surface area contributed by atoms with E-state index in [9.17, 15) is 9.90 Å². The molecule has 1 aromatic rings. The molecule has 1 fully saturated rings. The number of fused-ring (bicyclic) bond motifs is 3. The van der Waals surface area contributed by atoms with E-state index in [1.54, 1.807) is 6.92 Å². The van der Waals surface area contributed by atoms with Crippen LogP contribution in [0, 0.1) is 5.92 Å². The lowest BCUT2D eigenvalue weighted by molar-refractivity contribution is -0.120. The first-order valence-corrected chi connectivity index (χ1v) is 11.9. The second-order valence-electron chi connectivity index (χ2n) is 10.7. The summed E-state index contributed by atoms with van der Waals surface area (Å²) >= 11 is 0. The molecule has 1 amide bonds. The third-order valence-corrected chi connectivity index (χ3v) is 7.45. The highest BCUT2D eigenvalue weighted by Crippen LogP contribution is 2.55. The number of aromatic hydroxyl groups is 1. The molecule has 1 aliphatic heterocycles. The number of carbonyl (C=O) groups excluding carboxylic acids is 1. The number of amides is 1. The van der Waals surface area contributed by atoms with Crippen LogP contribution in [0.15, 0.2) is 12.1 Å². The Labute approximate surface area is 182 Å². The molecule has 0 unspecified atom stereocenters. The topological polar surface area (TPSA) is 58.6 Å². The van der Waals surface area contributed by atoms with E-state index in [-0.39, 0.29) is 28.9 Å². The molecule has 4 nitrogen and oxygen atoms in total. The van der Waals surface area contributed by atoms with E-state index in [4.69, 9.17) is 4.74 Å². The average Bonchev–Trinajstić information content (AvgIpc) is 2.63. The van der Waals surface area contributed by atoms with Gasteiger partial charge in [-0.1, -0.05) is 46.5 Å². The van der Waals surface area contributed by atoms with Crippen LogP contribution in [0.2, 0.25) is 0 Å². The first kappa shape index (κ1) is 23.0. The lowest BCUT2D eigenvalue weighted by atomic mass is 9.65. The maximum Gasteiger partial charge on any atom is 0.217 e. The molecule has 0 bridgehead atoms. The van der Waals surface area contributed by atoms with Crippen molar-refractivity contribution in [1.29, 1.82) is 0 Å². The lowest BCUT2D eigenvalue weighted by Gasteiger charge is -2.49. The van der Waals surface area contributed by atoms with E-state index in [1.165, 1.54) is 25.7 Å². The third kappa shape index (κ3) is 4.78. The SMILES string of the molecule is CCCCCCC(C)(C)c1cc(O)c2c(c1)OC(C)(C)[C@@H]1CC[C@H](NC(C)=O)C[C@@H]21. The number of ether oxygens (including phenoxy) is 1. The van der Waals surface area contributed by atoms with Crippen molar-refractivity contribution in [3.05, 3.63) is 23.3 Å². The predicted octanol–water partition coefficient (Wildman–Crippen LogP) is 6.20. The molecule has 2 N–H and O–H groups in total. The maximum absolute atomic E-state index is 11.6. The van der Waals surface area contributed by atoms with E-state index in [0.717, 1.165) is 42.6 Å². The van der Waals surface area contributed by atoms with E-state index >= 15 is 0 Å². The van der Waals surface area contributed by atoms with E-state index in [0.29, 0.717) is 11.7 Å². The number of phenolic OH excluding ortho intramolecular Hbond substituents is 1. The summed E-state index contributed by atoms with van der Waals surface area (Å²) < 4.78 is 6.52. The van der Waals surface area contributed by atoms with E-state index in [2.05, 4.69) is 46.0 Å². The molecule has 0 radical (unpaired) electrons. The number of hydrogen-bond donors (Lipinski definition) is 2. The van der Waals surface area contributed by atoms with Gasteiger partial charge in [-0.2, -0.15) is 0 Å². The fourth-order valence-electron chi connectivity index (χ4n) is 5.70. The summed E-state index contributed by atoms with van der Waals surface area (Å²) in [6, 6.07) is 4.31. The maximum atomic E-state index is 11.6. The third-order valence-electron chi connectivity index (χ3n) is 7.45. The van der Waals surface area contributed by atoms with Gasteiger partial charge in [0.25, 0.3) is 0 Å². The molecule has 0 spiro atoms. The molecule has 1 aromatic carbocycles. The molecule has 4 heteroatoms. The quantitative estimate of drug-likeness (QED) is 0.521. The van der Waals surface area contributed by atoms with Gasteiger partial charge in [0, 0.05) is 24.4 Å². The monoisotopic (exact) mass is 415 g/mol. The fraction of sp³-hybridized carbons (Fsp3) is 0.731. The normalized spacial score (nSPS) is 25.1. The highest BCUT2D eigenvalue weighted by atomic mass is 16.5. The number of nitrogens with one attached hydrogen (secondary N) is 1. The Morgan fingerprint density at radius 2 is 1.97 bits per heavy atom. The van der Waals surface area contributed by atoms with Gasteiger partial charge in [-0.3, -0.25) is 4.79 Å².